The molecule has 0 saturated heterocycles. The maximum Gasteiger partial charge on any atom is 0.142 e. The third-order valence-electron chi connectivity index (χ3n) is 3.60. The number of nitrogens with zero attached hydrogens (tertiary/aromatic N) is 2. The van der Waals surface area contributed by atoms with Crippen LogP contribution in [0.4, 0.5) is 17.3 Å². The van der Waals surface area contributed by atoms with Gasteiger partial charge in [-0.3, -0.25) is 0 Å². The van der Waals surface area contributed by atoms with Gasteiger partial charge in [0.2, 0.25) is 0 Å². The maximum absolute atomic E-state index is 5.39. The highest BCUT2D eigenvalue weighted by molar-refractivity contribution is 5.66. The predicted octanol–water partition coefficient (Wildman–Crippen LogP) is 4.15. The molecule has 0 spiro atoms. The summed E-state index contributed by atoms with van der Waals surface area (Å²) in [5, 5.41) is 6.59. The second-order valence-electron chi connectivity index (χ2n) is 5.46. The lowest BCUT2D eigenvalue weighted by Crippen LogP contribution is -2.03. The summed E-state index contributed by atoms with van der Waals surface area (Å²) in [4.78, 5) is 8.54. The molecule has 0 unspecified atom stereocenters. The molecule has 0 radical (unpaired) electrons. The van der Waals surface area contributed by atoms with Crippen molar-refractivity contribution >= 4 is 17.3 Å². The minimum atomic E-state index is 0.712. The van der Waals surface area contributed by atoms with Gasteiger partial charge in [-0.1, -0.05) is 36.4 Å². The van der Waals surface area contributed by atoms with Crippen molar-refractivity contribution in [1.29, 1.82) is 0 Å². The normalized spacial score (nSPS) is 10.2. The van der Waals surface area contributed by atoms with Gasteiger partial charge in [0.1, 0.15) is 23.7 Å². The SMILES string of the molecule is COc1ccc(C)cc1Nc1cc(NCc2ccccc2)ncn1. The van der Waals surface area contributed by atoms with Gasteiger partial charge in [0.05, 0.1) is 12.8 Å². The summed E-state index contributed by atoms with van der Waals surface area (Å²) in [6.07, 6.45) is 1.54. The molecule has 3 aromatic rings. The van der Waals surface area contributed by atoms with Crippen molar-refractivity contribution in [2.45, 2.75) is 13.5 Å². The quantitative estimate of drug-likeness (QED) is 0.714. The molecule has 5 nitrogen and oxygen atoms in total. The predicted molar refractivity (Wildman–Crippen MR) is 96.8 cm³/mol. The van der Waals surface area contributed by atoms with Gasteiger partial charge in [0.15, 0.2) is 0 Å². The molecule has 0 atom stereocenters. The number of aryl methyl sites for hydroxylation is 1. The van der Waals surface area contributed by atoms with Gasteiger partial charge in [-0.2, -0.15) is 0 Å². The first-order valence-corrected chi connectivity index (χ1v) is 7.76. The summed E-state index contributed by atoms with van der Waals surface area (Å²) < 4.78 is 5.39. The molecule has 24 heavy (non-hydrogen) atoms. The van der Waals surface area contributed by atoms with Crippen LogP contribution in [0.2, 0.25) is 0 Å². The van der Waals surface area contributed by atoms with E-state index in [4.69, 9.17) is 4.74 Å². The van der Waals surface area contributed by atoms with Crippen molar-refractivity contribution in [3.05, 3.63) is 72.1 Å². The highest BCUT2D eigenvalue weighted by atomic mass is 16.5. The summed E-state index contributed by atoms with van der Waals surface area (Å²) in [6.45, 7) is 2.75. The Morgan fingerprint density at radius 2 is 1.75 bits per heavy atom. The van der Waals surface area contributed by atoms with Crippen LogP contribution >= 0.6 is 0 Å². The van der Waals surface area contributed by atoms with Crippen LogP contribution in [0.15, 0.2) is 60.9 Å². The average molecular weight is 320 g/mol. The zero-order valence-corrected chi connectivity index (χ0v) is 13.8. The van der Waals surface area contributed by atoms with E-state index >= 15 is 0 Å². The zero-order chi connectivity index (χ0) is 16.8. The van der Waals surface area contributed by atoms with E-state index in [0.29, 0.717) is 12.4 Å². The van der Waals surface area contributed by atoms with E-state index in [-0.39, 0.29) is 0 Å². The number of hydrogen-bond acceptors (Lipinski definition) is 5. The minimum absolute atomic E-state index is 0.712. The van der Waals surface area contributed by atoms with Crippen molar-refractivity contribution in [3.8, 4) is 5.75 Å². The van der Waals surface area contributed by atoms with Gasteiger partial charge in [0, 0.05) is 12.6 Å². The summed E-state index contributed by atoms with van der Waals surface area (Å²) in [7, 11) is 1.66. The Morgan fingerprint density at radius 1 is 0.958 bits per heavy atom. The molecule has 0 saturated carbocycles. The van der Waals surface area contributed by atoms with Crippen molar-refractivity contribution in [1.82, 2.24) is 9.97 Å². The van der Waals surface area contributed by atoms with Crippen LogP contribution in [-0.2, 0) is 6.54 Å². The fraction of sp³-hybridized carbons (Fsp3) is 0.158. The number of rotatable bonds is 6. The second-order valence-corrected chi connectivity index (χ2v) is 5.46. The van der Waals surface area contributed by atoms with Crippen molar-refractivity contribution < 1.29 is 4.74 Å². The number of methoxy groups -OCH3 is 1. The Balaban J connectivity index is 1.72. The summed E-state index contributed by atoms with van der Waals surface area (Å²) in [5.41, 5.74) is 3.23. The van der Waals surface area contributed by atoms with E-state index < -0.39 is 0 Å². The van der Waals surface area contributed by atoms with E-state index in [1.54, 1.807) is 7.11 Å². The van der Waals surface area contributed by atoms with E-state index in [9.17, 15) is 0 Å². The first kappa shape index (κ1) is 15.8. The average Bonchev–Trinajstić information content (AvgIpc) is 2.61. The van der Waals surface area contributed by atoms with Gasteiger partial charge in [-0.05, 0) is 30.2 Å². The standard InChI is InChI=1S/C19H20N4O/c1-14-8-9-17(24-2)16(10-14)23-19-11-18(21-13-22-19)20-12-15-6-4-3-5-7-15/h3-11,13H,12H2,1-2H3,(H2,20,21,22,23). The molecule has 2 N–H and O–H groups in total. The van der Waals surface area contributed by atoms with Gasteiger partial charge in [-0.25, -0.2) is 9.97 Å². The summed E-state index contributed by atoms with van der Waals surface area (Å²) >= 11 is 0. The summed E-state index contributed by atoms with van der Waals surface area (Å²) in [5.74, 6) is 2.26. The van der Waals surface area contributed by atoms with Crippen molar-refractivity contribution in [2.75, 3.05) is 17.7 Å². The number of benzene rings is 2. The molecule has 5 heteroatoms. The third kappa shape index (κ3) is 4.01. The number of nitrogens with one attached hydrogen (secondary N) is 2. The maximum atomic E-state index is 5.39. The number of ether oxygens (including phenoxy) is 1. The van der Waals surface area contributed by atoms with Crippen molar-refractivity contribution in [3.63, 3.8) is 0 Å². The van der Waals surface area contributed by atoms with Crippen LogP contribution < -0.4 is 15.4 Å². The Bertz CT molecular complexity index is 805. The van der Waals surface area contributed by atoms with Gasteiger partial charge >= 0.3 is 0 Å². The Kier molecular flexibility index (Phi) is 4.91. The minimum Gasteiger partial charge on any atom is -0.495 e. The molecule has 0 bridgehead atoms. The van der Waals surface area contributed by atoms with Gasteiger partial charge in [0.25, 0.3) is 0 Å². The molecule has 0 fully saturated rings. The lowest BCUT2D eigenvalue weighted by atomic mass is 10.2. The molecule has 1 heterocycles. The molecular weight excluding hydrogens is 300 g/mol. The first-order chi connectivity index (χ1) is 11.7. The molecule has 122 valence electrons. The molecule has 2 aromatic carbocycles. The molecule has 3 rings (SSSR count). The highest BCUT2D eigenvalue weighted by Crippen LogP contribution is 2.28. The Labute approximate surface area is 141 Å². The molecular formula is C19H20N4O. The Morgan fingerprint density at radius 3 is 2.54 bits per heavy atom. The van der Waals surface area contributed by atoms with E-state index in [1.807, 2.05) is 49.4 Å². The zero-order valence-electron chi connectivity index (χ0n) is 13.8. The number of anilines is 3. The number of hydrogen-bond donors (Lipinski definition) is 2. The highest BCUT2D eigenvalue weighted by Gasteiger charge is 2.05. The van der Waals surface area contributed by atoms with Crippen LogP contribution in [-0.4, -0.2) is 17.1 Å². The third-order valence-corrected chi connectivity index (χ3v) is 3.60. The van der Waals surface area contributed by atoms with Crippen LogP contribution in [0.25, 0.3) is 0 Å². The monoisotopic (exact) mass is 320 g/mol. The molecule has 0 aliphatic heterocycles. The molecule has 0 aliphatic carbocycles. The van der Waals surface area contributed by atoms with Gasteiger partial charge < -0.3 is 15.4 Å². The van der Waals surface area contributed by atoms with Crippen LogP contribution in [0.3, 0.4) is 0 Å². The fourth-order valence-electron chi connectivity index (χ4n) is 2.37. The topological polar surface area (TPSA) is 59.1 Å². The number of aromatic nitrogens is 2. The molecule has 1 aromatic heterocycles. The van der Waals surface area contributed by atoms with E-state index in [2.05, 4.69) is 32.7 Å². The van der Waals surface area contributed by atoms with E-state index in [0.717, 1.165) is 22.8 Å². The lowest BCUT2D eigenvalue weighted by molar-refractivity contribution is 0.416. The smallest absolute Gasteiger partial charge is 0.142 e. The lowest BCUT2D eigenvalue weighted by Gasteiger charge is -2.12. The summed E-state index contributed by atoms with van der Waals surface area (Å²) in [6, 6.07) is 18.1. The largest absolute Gasteiger partial charge is 0.495 e. The van der Waals surface area contributed by atoms with Crippen LogP contribution in [0.5, 0.6) is 5.75 Å². The second kappa shape index (κ2) is 7.46. The first-order valence-electron chi connectivity index (χ1n) is 7.76. The molecule has 0 aliphatic rings. The molecule has 0 amide bonds. The van der Waals surface area contributed by atoms with Crippen LogP contribution in [0, 0.1) is 6.92 Å². The Hall–Kier alpha value is -3.08. The fourth-order valence-corrected chi connectivity index (χ4v) is 2.37. The van der Waals surface area contributed by atoms with Crippen LogP contribution in [0.1, 0.15) is 11.1 Å². The van der Waals surface area contributed by atoms with Gasteiger partial charge in [-0.15, -0.1) is 0 Å². The van der Waals surface area contributed by atoms with Crippen molar-refractivity contribution in [2.24, 2.45) is 0 Å². The van der Waals surface area contributed by atoms with E-state index in [1.165, 1.54) is 11.9 Å².